The van der Waals surface area contributed by atoms with Crippen molar-refractivity contribution in [2.24, 2.45) is 0 Å². The third-order valence-corrected chi connectivity index (χ3v) is 5.33. The summed E-state index contributed by atoms with van der Waals surface area (Å²) in [5, 5.41) is 60.4. The molecule has 1 saturated heterocycles. The summed E-state index contributed by atoms with van der Waals surface area (Å²) in [4.78, 5) is 0. The summed E-state index contributed by atoms with van der Waals surface area (Å²) >= 11 is 0. The van der Waals surface area contributed by atoms with Crippen LogP contribution >= 0.6 is 0 Å². The van der Waals surface area contributed by atoms with Crippen molar-refractivity contribution in [2.75, 3.05) is 13.7 Å². The van der Waals surface area contributed by atoms with Crippen molar-refractivity contribution < 1.29 is 44.8 Å². The zero-order valence-electron chi connectivity index (χ0n) is 17.0. The number of rotatable bonds is 8. The highest BCUT2D eigenvalue weighted by molar-refractivity contribution is 5.45. The van der Waals surface area contributed by atoms with Crippen molar-refractivity contribution in [3.63, 3.8) is 0 Å². The smallest absolute Gasteiger partial charge is 0.229 e. The molecule has 0 saturated carbocycles. The first-order valence-corrected chi connectivity index (χ1v) is 9.95. The number of aryl methyl sites for hydroxylation is 1. The van der Waals surface area contributed by atoms with Crippen LogP contribution < -0.4 is 9.47 Å². The van der Waals surface area contributed by atoms with E-state index < -0.39 is 43.4 Å². The molecule has 0 radical (unpaired) electrons. The molecule has 9 nitrogen and oxygen atoms in total. The number of aromatic hydroxyl groups is 1. The van der Waals surface area contributed by atoms with Crippen LogP contribution in [0.1, 0.15) is 23.7 Å². The van der Waals surface area contributed by atoms with Crippen molar-refractivity contribution in [3.05, 3.63) is 53.6 Å². The maximum atomic E-state index is 10.7. The van der Waals surface area contributed by atoms with Gasteiger partial charge in [-0.25, -0.2) is 0 Å². The highest BCUT2D eigenvalue weighted by Gasteiger charge is 2.45. The van der Waals surface area contributed by atoms with Gasteiger partial charge in [-0.2, -0.15) is 0 Å². The summed E-state index contributed by atoms with van der Waals surface area (Å²) in [6, 6.07) is 11.8. The summed E-state index contributed by atoms with van der Waals surface area (Å²) in [5.74, 6) is 0.566. The summed E-state index contributed by atoms with van der Waals surface area (Å²) in [6.45, 7) is -0.595. The van der Waals surface area contributed by atoms with Gasteiger partial charge < -0.3 is 44.8 Å². The van der Waals surface area contributed by atoms with Gasteiger partial charge in [-0.15, -0.1) is 0 Å². The summed E-state index contributed by atoms with van der Waals surface area (Å²) in [5.41, 5.74) is 1.07. The third kappa shape index (κ3) is 5.27. The molecule has 1 fully saturated rings. The molecule has 3 rings (SSSR count). The number of methoxy groups -OCH3 is 1. The van der Waals surface area contributed by atoms with Crippen LogP contribution in [0.5, 0.6) is 17.2 Å². The van der Waals surface area contributed by atoms with Crippen LogP contribution in [0.3, 0.4) is 0 Å². The minimum atomic E-state index is -1.61. The van der Waals surface area contributed by atoms with E-state index in [2.05, 4.69) is 0 Å². The number of benzene rings is 2. The molecule has 6 N–H and O–H groups in total. The van der Waals surface area contributed by atoms with Crippen LogP contribution in [-0.4, -0.2) is 75.1 Å². The van der Waals surface area contributed by atoms with Gasteiger partial charge in [-0.1, -0.05) is 18.2 Å². The zero-order chi connectivity index (χ0) is 22.5. The molecule has 0 amide bonds. The Morgan fingerprint density at radius 3 is 2.35 bits per heavy atom. The maximum absolute atomic E-state index is 10.7. The quantitative estimate of drug-likeness (QED) is 0.342. The fraction of sp³-hybridized carbons (Fsp3) is 0.455. The predicted molar refractivity (Wildman–Crippen MR) is 109 cm³/mol. The lowest BCUT2D eigenvalue weighted by Gasteiger charge is -2.39. The molecule has 1 unspecified atom stereocenters. The van der Waals surface area contributed by atoms with E-state index in [0.717, 1.165) is 11.3 Å². The van der Waals surface area contributed by atoms with Gasteiger partial charge in [-0.05, 0) is 42.7 Å². The number of aliphatic hydroxyl groups excluding tert-OH is 5. The van der Waals surface area contributed by atoms with E-state index in [1.54, 1.807) is 7.11 Å². The minimum Gasteiger partial charge on any atom is -0.507 e. The lowest BCUT2D eigenvalue weighted by atomic mass is 9.98. The molecule has 0 bridgehead atoms. The van der Waals surface area contributed by atoms with Crippen LogP contribution in [-0.2, 0) is 11.2 Å². The highest BCUT2D eigenvalue weighted by Crippen LogP contribution is 2.37. The summed E-state index contributed by atoms with van der Waals surface area (Å²) in [7, 11) is 1.58. The van der Waals surface area contributed by atoms with Gasteiger partial charge in [0.25, 0.3) is 0 Å². The highest BCUT2D eigenvalue weighted by atomic mass is 16.7. The Kier molecular flexibility index (Phi) is 7.71. The Hall–Kier alpha value is -2.40. The normalized spacial score (nSPS) is 27.0. The molecule has 0 aromatic heterocycles. The van der Waals surface area contributed by atoms with E-state index >= 15 is 0 Å². The minimum absolute atomic E-state index is 0.0477. The first-order valence-electron chi connectivity index (χ1n) is 9.95. The van der Waals surface area contributed by atoms with E-state index in [4.69, 9.17) is 14.2 Å². The fourth-order valence-corrected chi connectivity index (χ4v) is 3.50. The Morgan fingerprint density at radius 1 is 1.00 bits per heavy atom. The third-order valence-electron chi connectivity index (χ3n) is 5.33. The molecule has 0 aliphatic carbocycles. The molecule has 2 aromatic carbocycles. The van der Waals surface area contributed by atoms with Gasteiger partial charge in [0.05, 0.1) is 25.4 Å². The Balaban J connectivity index is 1.74. The molecule has 0 spiro atoms. The number of ether oxygens (including phenoxy) is 3. The summed E-state index contributed by atoms with van der Waals surface area (Å²) in [6.07, 6.45) is -7.59. The molecule has 31 heavy (non-hydrogen) atoms. The predicted octanol–water partition coefficient (Wildman–Crippen LogP) is 0.246. The number of phenols is 1. The van der Waals surface area contributed by atoms with E-state index in [1.165, 1.54) is 18.2 Å². The number of hydrogen-bond donors (Lipinski definition) is 6. The van der Waals surface area contributed by atoms with Crippen LogP contribution in [0.4, 0.5) is 0 Å². The van der Waals surface area contributed by atoms with Crippen LogP contribution in [0.2, 0.25) is 0 Å². The lowest BCUT2D eigenvalue weighted by Crippen LogP contribution is -2.60. The molecular weight excluding hydrogens is 408 g/mol. The molecule has 1 heterocycles. The summed E-state index contributed by atoms with van der Waals surface area (Å²) < 4.78 is 16.1. The number of hydrogen-bond acceptors (Lipinski definition) is 9. The average molecular weight is 436 g/mol. The van der Waals surface area contributed by atoms with Gasteiger partial charge in [0.2, 0.25) is 6.29 Å². The molecule has 170 valence electrons. The number of phenolic OH excluding ortho intramolecular Hbond substituents is 1. The van der Waals surface area contributed by atoms with Gasteiger partial charge >= 0.3 is 0 Å². The largest absolute Gasteiger partial charge is 0.507 e. The SMILES string of the molecule is COc1ccc(CCC(O)c2c(O)cccc2O[C@@H]2O[C@H](CO)[C@@H](O)[C@H](O)[C@H]2O)cc1. The van der Waals surface area contributed by atoms with Crippen molar-refractivity contribution in [1.29, 1.82) is 0 Å². The number of aliphatic hydroxyl groups is 5. The van der Waals surface area contributed by atoms with Crippen molar-refractivity contribution in [2.45, 2.75) is 49.7 Å². The van der Waals surface area contributed by atoms with Crippen molar-refractivity contribution >= 4 is 0 Å². The van der Waals surface area contributed by atoms with E-state index in [1.807, 2.05) is 24.3 Å². The van der Waals surface area contributed by atoms with Gasteiger partial charge in [0.1, 0.15) is 41.7 Å². The Labute approximate surface area is 179 Å². The zero-order valence-corrected chi connectivity index (χ0v) is 17.0. The molecule has 1 aliphatic heterocycles. The first-order chi connectivity index (χ1) is 14.8. The second-order valence-electron chi connectivity index (χ2n) is 7.41. The molecule has 6 atom stereocenters. The second-order valence-corrected chi connectivity index (χ2v) is 7.41. The molecule has 9 heteroatoms. The van der Waals surface area contributed by atoms with Crippen molar-refractivity contribution in [1.82, 2.24) is 0 Å². The second kappa shape index (κ2) is 10.3. The topological polar surface area (TPSA) is 149 Å². The Bertz CT molecular complexity index is 839. The van der Waals surface area contributed by atoms with E-state index in [-0.39, 0.29) is 23.5 Å². The van der Waals surface area contributed by atoms with Crippen molar-refractivity contribution in [3.8, 4) is 17.2 Å². The van der Waals surface area contributed by atoms with Crippen LogP contribution in [0.25, 0.3) is 0 Å². The maximum Gasteiger partial charge on any atom is 0.229 e. The van der Waals surface area contributed by atoms with Gasteiger partial charge in [0.15, 0.2) is 0 Å². The molecular formula is C22H28O9. The van der Waals surface area contributed by atoms with Crippen LogP contribution in [0.15, 0.2) is 42.5 Å². The molecule has 1 aliphatic rings. The lowest BCUT2D eigenvalue weighted by molar-refractivity contribution is -0.277. The standard InChI is InChI=1S/C22H28O9/c1-29-13-8-5-12(6-9-13)7-10-15(25)18-14(24)3-2-4-16(18)30-22-21(28)20(27)19(26)17(11-23)31-22/h2-6,8-9,15,17,19-28H,7,10-11H2,1H3/t15?,17-,19-,20+,21-,22-/m1/s1. The Morgan fingerprint density at radius 2 is 1.71 bits per heavy atom. The van der Waals surface area contributed by atoms with Gasteiger partial charge in [0, 0.05) is 0 Å². The van der Waals surface area contributed by atoms with Crippen LogP contribution in [0, 0.1) is 0 Å². The molecule has 2 aromatic rings. The van der Waals surface area contributed by atoms with E-state index in [9.17, 15) is 30.6 Å². The fourth-order valence-electron chi connectivity index (χ4n) is 3.50. The average Bonchev–Trinajstić information content (AvgIpc) is 2.78. The first kappa shape index (κ1) is 23.3. The van der Waals surface area contributed by atoms with E-state index in [0.29, 0.717) is 6.42 Å². The van der Waals surface area contributed by atoms with Gasteiger partial charge in [-0.3, -0.25) is 0 Å². The monoisotopic (exact) mass is 436 g/mol.